The molecule has 5 rings (SSSR count). The molecule has 10 nitrogen and oxygen atoms in total. The third kappa shape index (κ3) is 3.11. The highest BCUT2D eigenvalue weighted by atomic mass is 16.5. The minimum atomic E-state index is -0.937. The second-order valence-electron chi connectivity index (χ2n) is 7.10. The highest BCUT2D eigenvalue weighted by Crippen LogP contribution is 2.28. The standard InChI is InChI=1S/C20H19N7O3/c1-25-17(13-3-5-14(6-4-13)27-9-2-8-23-27)24-16-18(25)21-12-22-19(16)30-15-7-10-26(11-15)20(28)29/h2-6,8-9,12,15H,7,10-11H2,1H3,(H,28,29)/t15-/m0/s1. The van der Waals surface area contributed by atoms with Crippen LogP contribution in [0.4, 0.5) is 4.79 Å². The van der Waals surface area contributed by atoms with Crippen molar-refractivity contribution in [1.82, 2.24) is 34.2 Å². The van der Waals surface area contributed by atoms with Gasteiger partial charge in [0.2, 0.25) is 5.88 Å². The lowest BCUT2D eigenvalue weighted by Gasteiger charge is -2.13. The van der Waals surface area contributed by atoms with Gasteiger partial charge in [-0.25, -0.2) is 19.4 Å². The summed E-state index contributed by atoms with van der Waals surface area (Å²) in [5, 5.41) is 13.4. The van der Waals surface area contributed by atoms with Crippen LogP contribution in [-0.2, 0) is 7.05 Å². The summed E-state index contributed by atoms with van der Waals surface area (Å²) in [5.74, 6) is 1.10. The Balaban J connectivity index is 1.45. The number of ether oxygens (including phenoxy) is 1. The zero-order chi connectivity index (χ0) is 20.7. The van der Waals surface area contributed by atoms with Crippen molar-refractivity contribution in [1.29, 1.82) is 0 Å². The summed E-state index contributed by atoms with van der Waals surface area (Å²) >= 11 is 0. The van der Waals surface area contributed by atoms with Gasteiger partial charge in [0, 0.05) is 38.0 Å². The van der Waals surface area contributed by atoms with Gasteiger partial charge >= 0.3 is 6.09 Å². The number of aromatic nitrogens is 6. The average Bonchev–Trinajstić information content (AvgIpc) is 3.50. The van der Waals surface area contributed by atoms with Gasteiger partial charge < -0.3 is 19.3 Å². The molecule has 0 spiro atoms. The van der Waals surface area contributed by atoms with Gasteiger partial charge in [-0.2, -0.15) is 10.1 Å². The predicted octanol–water partition coefficient (Wildman–Crippen LogP) is 2.35. The van der Waals surface area contributed by atoms with E-state index < -0.39 is 6.09 Å². The summed E-state index contributed by atoms with van der Waals surface area (Å²) in [4.78, 5) is 25.8. The van der Waals surface area contributed by atoms with Crippen molar-refractivity contribution in [2.24, 2.45) is 7.05 Å². The van der Waals surface area contributed by atoms with E-state index >= 15 is 0 Å². The average molecular weight is 405 g/mol. The Morgan fingerprint density at radius 1 is 1.23 bits per heavy atom. The predicted molar refractivity (Wildman–Crippen MR) is 107 cm³/mol. The van der Waals surface area contributed by atoms with Crippen molar-refractivity contribution in [3.63, 3.8) is 0 Å². The summed E-state index contributed by atoms with van der Waals surface area (Å²) in [6, 6.07) is 9.79. The number of hydrogen-bond donors (Lipinski definition) is 1. The van der Waals surface area contributed by atoms with Crippen LogP contribution in [0.5, 0.6) is 5.88 Å². The second-order valence-corrected chi connectivity index (χ2v) is 7.10. The number of benzene rings is 1. The van der Waals surface area contributed by atoms with Gasteiger partial charge in [0.15, 0.2) is 11.2 Å². The largest absolute Gasteiger partial charge is 0.471 e. The summed E-state index contributed by atoms with van der Waals surface area (Å²) in [6.45, 7) is 0.764. The van der Waals surface area contributed by atoms with Crippen LogP contribution in [0, 0.1) is 0 Å². The Kier molecular flexibility index (Phi) is 4.31. The van der Waals surface area contributed by atoms with Crippen LogP contribution in [0.2, 0.25) is 0 Å². The van der Waals surface area contributed by atoms with Gasteiger partial charge in [0.25, 0.3) is 0 Å². The molecule has 1 amide bonds. The van der Waals surface area contributed by atoms with Crippen LogP contribution in [-0.4, -0.2) is 64.6 Å². The monoisotopic (exact) mass is 405 g/mol. The first-order valence-corrected chi connectivity index (χ1v) is 9.52. The first-order valence-electron chi connectivity index (χ1n) is 9.52. The normalized spacial score (nSPS) is 16.3. The van der Waals surface area contributed by atoms with Crippen LogP contribution in [0.25, 0.3) is 28.2 Å². The Hall–Kier alpha value is -3.95. The molecule has 1 atom stereocenters. The molecule has 1 fully saturated rings. The molecule has 0 unspecified atom stereocenters. The molecular formula is C20H19N7O3. The van der Waals surface area contributed by atoms with E-state index in [2.05, 4.69) is 15.1 Å². The fraction of sp³-hybridized carbons (Fsp3) is 0.250. The molecule has 1 N–H and O–H groups in total. The Labute approximate surface area is 171 Å². The molecule has 4 aromatic rings. The molecule has 1 saturated heterocycles. The number of likely N-dealkylation sites (tertiary alicyclic amines) is 1. The Bertz CT molecular complexity index is 1200. The van der Waals surface area contributed by atoms with Gasteiger partial charge in [0.1, 0.15) is 18.3 Å². The molecule has 1 aromatic carbocycles. The Morgan fingerprint density at radius 2 is 2.07 bits per heavy atom. The number of carboxylic acid groups (broad SMARTS) is 1. The number of aryl methyl sites for hydroxylation is 1. The van der Waals surface area contributed by atoms with E-state index in [0.29, 0.717) is 36.6 Å². The first kappa shape index (κ1) is 18.1. The van der Waals surface area contributed by atoms with Crippen molar-refractivity contribution in [3.8, 4) is 23.0 Å². The van der Waals surface area contributed by atoms with Crippen molar-refractivity contribution in [2.75, 3.05) is 13.1 Å². The van der Waals surface area contributed by atoms with Crippen LogP contribution in [0.3, 0.4) is 0 Å². The van der Waals surface area contributed by atoms with E-state index in [9.17, 15) is 4.79 Å². The van der Waals surface area contributed by atoms with E-state index in [1.807, 2.05) is 48.1 Å². The summed E-state index contributed by atoms with van der Waals surface area (Å²) in [7, 11) is 1.89. The fourth-order valence-electron chi connectivity index (χ4n) is 3.66. The molecule has 0 saturated carbocycles. The lowest BCUT2D eigenvalue weighted by molar-refractivity contribution is 0.145. The minimum absolute atomic E-state index is 0.252. The number of carbonyl (C=O) groups is 1. The lowest BCUT2D eigenvalue weighted by Crippen LogP contribution is -2.29. The molecule has 152 valence electrons. The molecule has 0 aliphatic carbocycles. The Morgan fingerprint density at radius 3 is 2.77 bits per heavy atom. The molecule has 0 radical (unpaired) electrons. The van der Waals surface area contributed by atoms with E-state index in [4.69, 9.17) is 14.8 Å². The van der Waals surface area contributed by atoms with Crippen molar-refractivity contribution >= 4 is 17.3 Å². The number of nitrogens with zero attached hydrogens (tertiary/aromatic N) is 7. The summed E-state index contributed by atoms with van der Waals surface area (Å²) in [5.41, 5.74) is 3.09. The van der Waals surface area contributed by atoms with E-state index in [0.717, 1.165) is 17.1 Å². The number of fused-ring (bicyclic) bond motifs is 1. The van der Waals surface area contributed by atoms with Gasteiger partial charge in [-0.3, -0.25) is 0 Å². The fourth-order valence-corrected chi connectivity index (χ4v) is 3.66. The third-order valence-corrected chi connectivity index (χ3v) is 5.21. The van der Waals surface area contributed by atoms with Crippen molar-refractivity contribution < 1.29 is 14.6 Å². The number of amides is 1. The molecule has 1 aliphatic rings. The van der Waals surface area contributed by atoms with Gasteiger partial charge in [-0.05, 0) is 30.3 Å². The van der Waals surface area contributed by atoms with E-state index in [1.165, 1.54) is 11.2 Å². The minimum Gasteiger partial charge on any atom is -0.471 e. The van der Waals surface area contributed by atoms with Gasteiger partial charge in [-0.1, -0.05) is 0 Å². The third-order valence-electron chi connectivity index (χ3n) is 5.21. The van der Waals surface area contributed by atoms with Crippen LogP contribution in [0.15, 0.2) is 49.1 Å². The zero-order valence-corrected chi connectivity index (χ0v) is 16.2. The molecule has 0 bridgehead atoms. The van der Waals surface area contributed by atoms with Crippen LogP contribution < -0.4 is 4.74 Å². The topological polar surface area (TPSA) is 111 Å². The summed E-state index contributed by atoms with van der Waals surface area (Å²) < 4.78 is 9.68. The van der Waals surface area contributed by atoms with E-state index in [1.54, 1.807) is 10.9 Å². The molecule has 4 heterocycles. The maximum absolute atomic E-state index is 11.1. The number of rotatable bonds is 4. The molecule has 3 aromatic heterocycles. The number of imidazole rings is 1. The smallest absolute Gasteiger partial charge is 0.407 e. The van der Waals surface area contributed by atoms with E-state index in [-0.39, 0.29) is 6.10 Å². The highest BCUT2D eigenvalue weighted by Gasteiger charge is 2.28. The van der Waals surface area contributed by atoms with Crippen molar-refractivity contribution in [2.45, 2.75) is 12.5 Å². The second kappa shape index (κ2) is 7.14. The lowest BCUT2D eigenvalue weighted by atomic mass is 10.2. The van der Waals surface area contributed by atoms with Gasteiger partial charge in [0.05, 0.1) is 12.2 Å². The van der Waals surface area contributed by atoms with Gasteiger partial charge in [-0.15, -0.1) is 0 Å². The zero-order valence-electron chi connectivity index (χ0n) is 16.2. The quantitative estimate of drug-likeness (QED) is 0.555. The van der Waals surface area contributed by atoms with Crippen molar-refractivity contribution in [3.05, 3.63) is 49.1 Å². The molecule has 10 heteroatoms. The molecule has 1 aliphatic heterocycles. The SMILES string of the molecule is Cn1c(-c2ccc(-n3cccn3)cc2)nc2c(O[C@H]3CCN(C(=O)O)C3)ncnc21. The number of hydrogen-bond acceptors (Lipinski definition) is 6. The highest BCUT2D eigenvalue weighted by molar-refractivity contribution is 5.81. The first-order chi connectivity index (χ1) is 14.6. The maximum atomic E-state index is 11.1. The van der Waals surface area contributed by atoms with Crippen LogP contribution >= 0.6 is 0 Å². The summed E-state index contributed by atoms with van der Waals surface area (Å²) in [6.07, 6.45) is 4.49. The maximum Gasteiger partial charge on any atom is 0.407 e. The van der Waals surface area contributed by atoms with Crippen LogP contribution in [0.1, 0.15) is 6.42 Å². The molecular weight excluding hydrogens is 386 g/mol. The molecule has 30 heavy (non-hydrogen) atoms.